The Morgan fingerprint density at radius 3 is 2.56 bits per heavy atom. The van der Waals surface area contributed by atoms with E-state index in [4.69, 9.17) is 44.5 Å². The number of nitrogens with zero attached hydrogens (tertiary/aromatic N) is 2. The molecule has 0 spiro atoms. The Bertz CT molecular complexity index is 1010. The monoisotopic (exact) mass is 552 g/mol. The Labute approximate surface area is 214 Å². The number of thioether (sulfide) groups is 1. The van der Waals surface area contributed by atoms with Gasteiger partial charge in [0.15, 0.2) is 16.9 Å². The van der Waals surface area contributed by atoms with E-state index >= 15 is 0 Å². The van der Waals surface area contributed by atoms with Crippen LogP contribution in [0.4, 0.5) is 8.78 Å². The van der Waals surface area contributed by atoms with Crippen molar-refractivity contribution in [3.63, 3.8) is 0 Å². The van der Waals surface area contributed by atoms with Gasteiger partial charge in [0.05, 0.1) is 16.7 Å². The highest BCUT2D eigenvalue weighted by Crippen LogP contribution is 2.38. The van der Waals surface area contributed by atoms with Crippen molar-refractivity contribution in [1.29, 1.82) is 0 Å². The molecule has 6 nitrogen and oxygen atoms in total. The molecule has 34 heavy (non-hydrogen) atoms. The zero-order valence-corrected chi connectivity index (χ0v) is 20.8. The molecule has 2 aliphatic rings. The van der Waals surface area contributed by atoms with Gasteiger partial charge in [0.2, 0.25) is 0 Å². The van der Waals surface area contributed by atoms with Gasteiger partial charge in [-0.1, -0.05) is 29.3 Å². The van der Waals surface area contributed by atoms with Gasteiger partial charge >= 0.3 is 12.6 Å². The molecule has 2 heterocycles. The summed E-state index contributed by atoms with van der Waals surface area (Å²) in [4.78, 5) is 16.9. The summed E-state index contributed by atoms with van der Waals surface area (Å²) in [7, 11) is 0. The van der Waals surface area contributed by atoms with Crippen LogP contribution in [0, 0.1) is 5.92 Å². The summed E-state index contributed by atoms with van der Waals surface area (Å²) >= 11 is 20.1. The van der Waals surface area contributed by atoms with Crippen LogP contribution >= 0.6 is 46.7 Å². The van der Waals surface area contributed by atoms with E-state index in [-0.39, 0.29) is 17.9 Å². The van der Waals surface area contributed by atoms with Crippen LogP contribution in [0.5, 0.6) is 11.5 Å². The van der Waals surface area contributed by atoms with Crippen molar-refractivity contribution in [2.45, 2.75) is 37.4 Å². The van der Waals surface area contributed by atoms with Gasteiger partial charge < -0.3 is 14.2 Å². The van der Waals surface area contributed by atoms with E-state index in [0.717, 1.165) is 12.8 Å². The number of ether oxygens (including phenoxy) is 3. The summed E-state index contributed by atoms with van der Waals surface area (Å²) in [6, 6.07) is 4.46. The molecule has 0 radical (unpaired) electrons. The number of carbonyl (C=O) groups excluding carboxylic acids is 1. The van der Waals surface area contributed by atoms with E-state index in [1.807, 2.05) is 0 Å². The molecule has 4 rings (SSSR count). The van der Waals surface area contributed by atoms with E-state index in [1.54, 1.807) is 12.1 Å². The van der Waals surface area contributed by atoms with Crippen LogP contribution < -0.4 is 9.47 Å². The average molecular weight is 554 g/mol. The highest BCUT2D eigenvalue weighted by molar-refractivity contribution is 8.00. The minimum absolute atomic E-state index is 0.0947. The first kappa shape index (κ1) is 25.6. The molecule has 1 saturated carbocycles. The lowest BCUT2D eigenvalue weighted by molar-refractivity contribution is -0.150. The van der Waals surface area contributed by atoms with Gasteiger partial charge in [0, 0.05) is 31.1 Å². The molecule has 184 valence electrons. The number of pyridine rings is 1. The predicted molar refractivity (Wildman–Crippen MR) is 127 cm³/mol. The summed E-state index contributed by atoms with van der Waals surface area (Å²) in [5.41, 5.74) is 1.04. The van der Waals surface area contributed by atoms with Gasteiger partial charge in [-0.3, -0.25) is 4.98 Å². The first-order valence-electron chi connectivity index (χ1n) is 10.6. The zero-order valence-electron chi connectivity index (χ0n) is 17.8. The molecule has 1 aromatic heterocycles. The molecular formula is C22H21Cl3F2N2O4S. The highest BCUT2D eigenvalue weighted by atomic mass is 35.5. The Morgan fingerprint density at radius 1 is 1.21 bits per heavy atom. The summed E-state index contributed by atoms with van der Waals surface area (Å²) in [6.45, 7) is -2.08. The second-order valence-electron chi connectivity index (χ2n) is 7.90. The fourth-order valence-corrected chi connectivity index (χ4v) is 5.34. The topological polar surface area (TPSA) is 60.9 Å². The van der Waals surface area contributed by atoms with Crippen LogP contribution in [0.15, 0.2) is 30.6 Å². The largest absolute Gasteiger partial charge is 0.489 e. The number of alkyl halides is 2. The van der Waals surface area contributed by atoms with Crippen molar-refractivity contribution >= 4 is 52.7 Å². The molecule has 0 bridgehead atoms. The highest BCUT2D eigenvalue weighted by Gasteiger charge is 2.34. The van der Waals surface area contributed by atoms with Gasteiger partial charge in [0.25, 0.3) is 0 Å². The van der Waals surface area contributed by atoms with Crippen LogP contribution in [0.25, 0.3) is 0 Å². The summed E-state index contributed by atoms with van der Waals surface area (Å²) < 4.78 is 43.5. The van der Waals surface area contributed by atoms with Gasteiger partial charge in [-0.15, -0.1) is 11.8 Å². The molecule has 1 aliphatic heterocycles. The maximum Gasteiger partial charge on any atom is 0.387 e. The predicted octanol–water partition coefficient (Wildman–Crippen LogP) is 6.13. The fourth-order valence-electron chi connectivity index (χ4n) is 3.40. The lowest BCUT2D eigenvalue weighted by Crippen LogP contribution is -2.30. The third-order valence-electron chi connectivity index (χ3n) is 5.36. The van der Waals surface area contributed by atoms with Crippen molar-refractivity contribution in [1.82, 2.24) is 9.40 Å². The lowest BCUT2D eigenvalue weighted by Gasteiger charge is -2.23. The number of hydrogen-bond donors (Lipinski definition) is 0. The molecular weight excluding hydrogens is 533 g/mol. The van der Waals surface area contributed by atoms with E-state index in [0.29, 0.717) is 46.0 Å². The van der Waals surface area contributed by atoms with Crippen LogP contribution in [-0.4, -0.2) is 46.3 Å². The van der Waals surface area contributed by atoms with E-state index in [9.17, 15) is 13.6 Å². The fraction of sp³-hybridized carbons (Fsp3) is 0.455. The second-order valence-corrected chi connectivity index (χ2v) is 10.3. The van der Waals surface area contributed by atoms with Crippen molar-refractivity contribution in [2.24, 2.45) is 5.92 Å². The first-order valence-corrected chi connectivity index (χ1v) is 12.7. The molecule has 2 fully saturated rings. The van der Waals surface area contributed by atoms with Gasteiger partial charge in [0.1, 0.15) is 6.10 Å². The van der Waals surface area contributed by atoms with Crippen molar-refractivity contribution < 1.29 is 27.8 Å². The smallest absolute Gasteiger partial charge is 0.387 e. The van der Waals surface area contributed by atoms with Crippen LogP contribution in [0.2, 0.25) is 10.0 Å². The van der Waals surface area contributed by atoms with Crippen molar-refractivity contribution in [3.8, 4) is 11.5 Å². The number of rotatable bonds is 10. The standard InChI is InChI=1S/C22H21Cl3F2N2O4S/c23-15-9-28-10-16(24)14(15)8-18(32-21(30)20-29(25)5-6-34-20)13-3-4-17(33-22(26)27)19(7-13)31-11-12-1-2-12/h3-4,7,9-10,12,18,20,22H,1-2,5-6,8,11H2/t18-,20-/m0/s1. The molecule has 1 saturated heterocycles. The number of hydrogen-bond acceptors (Lipinski definition) is 7. The van der Waals surface area contributed by atoms with Crippen LogP contribution in [-0.2, 0) is 16.0 Å². The molecule has 1 aromatic carbocycles. The average Bonchev–Trinajstić information content (AvgIpc) is 3.52. The SMILES string of the molecule is O=C(O[C@@H](Cc1c(Cl)cncc1Cl)c1ccc(OC(F)F)c(OCC2CC2)c1)[C@@H]1SCCN1Cl. The first-order chi connectivity index (χ1) is 16.3. The third-order valence-corrected chi connectivity index (χ3v) is 7.68. The number of esters is 1. The summed E-state index contributed by atoms with van der Waals surface area (Å²) in [5, 5.41) is -0.0455. The summed E-state index contributed by atoms with van der Waals surface area (Å²) in [6.07, 6.45) is 4.22. The number of benzene rings is 1. The molecule has 0 amide bonds. The molecule has 12 heteroatoms. The minimum atomic E-state index is -3.01. The van der Waals surface area contributed by atoms with Crippen molar-refractivity contribution in [2.75, 3.05) is 18.9 Å². The zero-order chi connectivity index (χ0) is 24.2. The molecule has 2 atom stereocenters. The van der Waals surface area contributed by atoms with Crippen LogP contribution in [0.1, 0.15) is 30.1 Å². The number of halogens is 5. The number of aromatic nitrogens is 1. The molecule has 0 unspecified atom stereocenters. The quantitative estimate of drug-likeness (QED) is 0.259. The maximum absolute atomic E-state index is 12.9. The minimum Gasteiger partial charge on any atom is -0.489 e. The van der Waals surface area contributed by atoms with Crippen molar-refractivity contribution in [3.05, 3.63) is 51.8 Å². The van der Waals surface area contributed by atoms with Gasteiger partial charge in [-0.05, 0) is 53.8 Å². The second kappa shape index (κ2) is 11.5. The lowest BCUT2D eigenvalue weighted by atomic mass is 10.0. The Balaban J connectivity index is 1.64. The Hall–Kier alpha value is -1.52. The van der Waals surface area contributed by atoms with E-state index in [2.05, 4.69) is 9.72 Å². The summed E-state index contributed by atoms with van der Waals surface area (Å²) in [5.74, 6) is 0.598. The third kappa shape index (κ3) is 6.57. The van der Waals surface area contributed by atoms with E-state index in [1.165, 1.54) is 34.6 Å². The Morgan fingerprint density at radius 2 is 1.94 bits per heavy atom. The maximum atomic E-state index is 12.9. The Kier molecular flexibility index (Phi) is 8.63. The molecule has 1 aliphatic carbocycles. The normalized spacial score (nSPS) is 19.3. The number of carbonyl (C=O) groups is 1. The van der Waals surface area contributed by atoms with E-state index < -0.39 is 24.1 Å². The van der Waals surface area contributed by atoms with Gasteiger partial charge in [-0.25, -0.2) is 4.79 Å². The molecule has 0 N–H and O–H groups in total. The molecule has 2 aromatic rings. The van der Waals surface area contributed by atoms with Gasteiger partial charge in [-0.2, -0.15) is 13.2 Å². The van der Waals surface area contributed by atoms with Crippen LogP contribution in [0.3, 0.4) is 0 Å².